The zero-order valence-corrected chi connectivity index (χ0v) is 9.15. The van der Waals surface area contributed by atoms with E-state index >= 15 is 0 Å². The van der Waals surface area contributed by atoms with Crippen molar-refractivity contribution < 1.29 is 14.6 Å². The molecule has 1 N–H and O–H groups in total. The van der Waals surface area contributed by atoms with E-state index in [0.29, 0.717) is 10.8 Å². The van der Waals surface area contributed by atoms with Crippen molar-refractivity contribution in [3.63, 3.8) is 0 Å². The van der Waals surface area contributed by atoms with Crippen molar-refractivity contribution >= 4 is 0 Å². The van der Waals surface area contributed by atoms with E-state index in [0.717, 1.165) is 25.2 Å². The smallest absolute Gasteiger partial charge is 0.265 e. The Hall–Kier alpha value is -1.92. The first-order valence-electron chi connectivity index (χ1n) is 5.88. The van der Waals surface area contributed by atoms with Crippen LogP contribution in [0.3, 0.4) is 0 Å². The van der Waals surface area contributed by atoms with Gasteiger partial charge in [0.2, 0.25) is 0 Å². The van der Waals surface area contributed by atoms with Gasteiger partial charge in [0.05, 0.1) is 0 Å². The van der Waals surface area contributed by atoms with Crippen LogP contribution in [0, 0.1) is 0 Å². The molecule has 2 aromatic rings. The van der Waals surface area contributed by atoms with Gasteiger partial charge in [-0.25, -0.2) is 9.97 Å². The lowest BCUT2D eigenvalue weighted by Crippen LogP contribution is -2.09. The third kappa shape index (κ3) is 2.07. The molecule has 1 aliphatic carbocycles. The lowest BCUT2D eigenvalue weighted by molar-refractivity contribution is -0.141. The average molecular weight is 255 g/mol. The highest BCUT2D eigenvalue weighted by Crippen LogP contribution is 2.41. The van der Waals surface area contributed by atoms with Crippen LogP contribution in [0.15, 0.2) is 18.5 Å². The van der Waals surface area contributed by atoms with Crippen LogP contribution in [-0.4, -0.2) is 20.2 Å². The maximum absolute atomic E-state index is 12.8. The molecule has 94 valence electrons. The maximum atomic E-state index is 12.8. The summed E-state index contributed by atoms with van der Waals surface area (Å²) in [5.41, 5.74) is -0.269. The molecule has 0 unspecified atom stereocenters. The van der Waals surface area contributed by atoms with Gasteiger partial charge < -0.3 is 0 Å². The molecule has 7 heteroatoms. The lowest BCUT2D eigenvalue weighted by atomic mass is 10.1. The Morgan fingerprint density at radius 1 is 1.33 bits per heavy atom. The van der Waals surface area contributed by atoms with E-state index in [4.69, 9.17) is 1.41 Å². The van der Waals surface area contributed by atoms with E-state index in [1.54, 1.807) is 6.07 Å². The summed E-state index contributed by atoms with van der Waals surface area (Å²) in [6.45, 7) is 0. The Bertz CT molecular complexity index is 619. The van der Waals surface area contributed by atoms with Crippen molar-refractivity contribution in [1.82, 2.24) is 20.2 Å². The summed E-state index contributed by atoms with van der Waals surface area (Å²) in [5.74, 6) is 0.198. The van der Waals surface area contributed by atoms with Crippen LogP contribution in [0.4, 0.5) is 13.2 Å². The van der Waals surface area contributed by atoms with E-state index < -0.39 is 11.9 Å². The van der Waals surface area contributed by atoms with Gasteiger partial charge in [0.1, 0.15) is 12.0 Å². The Labute approximate surface area is 102 Å². The predicted molar refractivity (Wildman–Crippen MR) is 56.6 cm³/mol. The summed E-state index contributed by atoms with van der Waals surface area (Å²) in [6.07, 6.45) is -1.66. The molecule has 0 bridgehead atoms. The summed E-state index contributed by atoms with van der Waals surface area (Å²) in [6, 6.07) is 2.49. The Morgan fingerprint density at radius 3 is 2.67 bits per heavy atom. The van der Waals surface area contributed by atoms with E-state index in [9.17, 15) is 13.2 Å². The first kappa shape index (κ1) is 10.0. The summed E-state index contributed by atoms with van der Waals surface area (Å²) in [7, 11) is 0. The van der Waals surface area contributed by atoms with E-state index in [1.165, 1.54) is 0 Å². The lowest BCUT2D eigenvalue weighted by Gasteiger charge is -2.09. The average Bonchev–Trinajstić information content (AvgIpc) is 3.10. The molecule has 0 amide bonds. The monoisotopic (exact) mass is 255 g/mol. The van der Waals surface area contributed by atoms with Crippen molar-refractivity contribution in [2.75, 3.05) is 0 Å². The van der Waals surface area contributed by atoms with Gasteiger partial charge in [-0.3, -0.25) is 5.09 Å². The highest BCUT2D eigenvalue weighted by Gasteiger charge is 2.35. The normalized spacial score (nSPS) is 16.7. The van der Waals surface area contributed by atoms with Crippen molar-refractivity contribution in [2.24, 2.45) is 0 Å². The van der Waals surface area contributed by atoms with Crippen LogP contribution in [0.1, 0.15) is 30.1 Å². The molecule has 1 fully saturated rings. The second-order valence-electron chi connectivity index (χ2n) is 4.22. The van der Waals surface area contributed by atoms with Crippen LogP contribution in [0.5, 0.6) is 0 Å². The van der Waals surface area contributed by atoms with Crippen molar-refractivity contribution in [3.8, 4) is 11.4 Å². The number of hydrogen-bond acceptors (Lipinski definition) is 3. The minimum Gasteiger partial charge on any atom is -0.265 e. The molecule has 0 aliphatic heterocycles. The number of aromatic nitrogens is 4. The topological polar surface area (TPSA) is 54.5 Å². The van der Waals surface area contributed by atoms with Gasteiger partial charge in [0.15, 0.2) is 7.24 Å². The highest BCUT2D eigenvalue weighted by molar-refractivity contribution is 5.56. The van der Waals surface area contributed by atoms with E-state index in [2.05, 4.69) is 15.1 Å². The summed E-state index contributed by atoms with van der Waals surface area (Å²) in [4.78, 5) is 7.46. The van der Waals surface area contributed by atoms with Gasteiger partial charge in [-0.15, -0.1) is 0 Å². The van der Waals surface area contributed by atoms with Crippen molar-refractivity contribution in [3.05, 3.63) is 29.8 Å². The molecule has 1 aliphatic rings. The third-order valence-corrected chi connectivity index (χ3v) is 2.77. The van der Waals surface area contributed by atoms with Crippen molar-refractivity contribution in [2.45, 2.75) is 24.9 Å². The number of nitrogens with one attached hydrogen (secondary N) is 1. The maximum Gasteiger partial charge on any atom is 0.433 e. The molecule has 2 aromatic heterocycles. The Morgan fingerprint density at radius 2 is 2.11 bits per heavy atom. The molecule has 18 heavy (non-hydrogen) atoms. The largest absolute Gasteiger partial charge is 0.433 e. The number of nitrogens with zero attached hydrogens (tertiary/aromatic N) is 3. The van der Waals surface area contributed by atoms with Gasteiger partial charge in [-0.2, -0.15) is 18.3 Å². The molecule has 2 heterocycles. The first-order valence-corrected chi connectivity index (χ1v) is 5.44. The fourth-order valence-electron chi connectivity index (χ4n) is 1.73. The van der Waals surface area contributed by atoms with E-state index in [-0.39, 0.29) is 17.3 Å². The number of pyridine rings is 1. The Kier molecular flexibility index (Phi) is 2.12. The van der Waals surface area contributed by atoms with Crippen LogP contribution in [-0.2, 0) is 6.18 Å². The summed E-state index contributed by atoms with van der Waals surface area (Å²) in [5, 5.41) is 4.41. The molecule has 0 aromatic carbocycles. The minimum atomic E-state index is -4.50. The number of rotatable bonds is 2. The SMILES string of the molecule is [2H]n1cnc(-c2cc(C3CC3)nc(C(F)(F)F)c2)n1. The quantitative estimate of drug-likeness (QED) is 0.897. The molecule has 0 saturated heterocycles. The van der Waals surface area contributed by atoms with Gasteiger partial charge in [-0.1, -0.05) is 0 Å². The van der Waals surface area contributed by atoms with Gasteiger partial charge >= 0.3 is 6.18 Å². The molecule has 4 nitrogen and oxygen atoms in total. The number of hydrogen-bond donors (Lipinski definition) is 1. The van der Waals surface area contributed by atoms with Crippen LogP contribution in [0.2, 0.25) is 1.41 Å². The molecule has 3 rings (SSSR count). The van der Waals surface area contributed by atoms with Crippen LogP contribution >= 0.6 is 0 Å². The third-order valence-electron chi connectivity index (χ3n) is 2.77. The second kappa shape index (κ2) is 3.79. The van der Waals surface area contributed by atoms with Gasteiger partial charge in [-0.05, 0) is 25.0 Å². The fourth-order valence-corrected chi connectivity index (χ4v) is 1.73. The zero-order valence-electron chi connectivity index (χ0n) is 10.1. The summed E-state index contributed by atoms with van der Waals surface area (Å²) < 4.78 is 45.6. The Balaban J connectivity index is 2.10. The number of halogens is 3. The van der Waals surface area contributed by atoms with Gasteiger partial charge in [0, 0.05) is 17.2 Å². The van der Waals surface area contributed by atoms with Crippen LogP contribution in [0.25, 0.3) is 11.4 Å². The summed E-state index contributed by atoms with van der Waals surface area (Å²) >= 11 is 0. The predicted octanol–water partition coefficient (Wildman–Crippen LogP) is 2.76. The first-order chi connectivity index (χ1) is 8.93. The molecule has 0 atom stereocenters. The number of alkyl halides is 3. The highest BCUT2D eigenvalue weighted by atomic mass is 19.4. The fraction of sp³-hybridized carbons (Fsp3) is 0.364. The minimum absolute atomic E-state index is 0.0964. The number of H-pyrrole nitrogens is 1. The second-order valence-corrected chi connectivity index (χ2v) is 4.22. The zero-order chi connectivity index (χ0) is 13.6. The van der Waals surface area contributed by atoms with Crippen molar-refractivity contribution in [1.29, 1.82) is 0 Å². The number of aromatic amines is 1. The van der Waals surface area contributed by atoms with E-state index in [1.807, 2.05) is 0 Å². The molecule has 0 radical (unpaired) electrons. The van der Waals surface area contributed by atoms with Crippen LogP contribution < -0.4 is 0 Å². The molecule has 0 spiro atoms. The molecular formula is C11H9F3N4. The molecular weight excluding hydrogens is 245 g/mol. The standard InChI is InChI=1S/C11H9F3N4/c12-11(13,14)9-4-7(10-15-5-16-18-10)3-8(17-9)6-1-2-6/h3-6H,1-2H2,(H,15,16,18)/i/hD. The van der Waals surface area contributed by atoms with Gasteiger partial charge in [0.25, 0.3) is 0 Å². The molecule has 1 saturated carbocycles.